The van der Waals surface area contributed by atoms with Crippen molar-refractivity contribution in [1.82, 2.24) is 4.98 Å². The molecule has 1 amide bonds. The second-order valence-electron chi connectivity index (χ2n) is 3.80. The first-order valence-electron chi connectivity index (χ1n) is 5.94. The summed E-state index contributed by atoms with van der Waals surface area (Å²) in [5, 5.41) is 4.13. The average molecular weight is 304 g/mol. The van der Waals surface area contributed by atoms with E-state index in [4.69, 9.17) is 9.47 Å². The van der Waals surface area contributed by atoms with Gasteiger partial charge in [-0.3, -0.25) is 5.32 Å². The van der Waals surface area contributed by atoms with Crippen LogP contribution in [0.5, 0.6) is 5.75 Å². The summed E-state index contributed by atoms with van der Waals surface area (Å²) in [6.07, 6.45) is 0.891. The summed E-state index contributed by atoms with van der Waals surface area (Å²) in [6, 6.07) is 6.32. The molecule has 0 spiro atoms. The fourth-order valence-electron chi connectivity index (χ4n) is 1.37. The number of hydrogen-bond acceptors (Lipinski definition) is 6. The topological polar surface area (TPSA) is 77.5 Å². The monoisotopic (exact) mass is 304 g/mol. The number of benzene rings is 1. The average Bonchev–Trinajstić information content (AvgIpc) is 3.01. The Balaban J connectivity index is 1.91. The lowest BCUT2D eigenvalue weighted by Gasteiger charge is -2.06. The van der Waals surface area contributed by atoms with Crippen LogP contribution in [0, 0.1) is 0 Å². The minimum atomic E-state index is -0.581. The smallest absolute Gasteiger partial charge is 0.411 e. The second kappa shape index (κ2) is 7.20. The molecule has 7 heteroatoms. The third-order valence-electron chi connectivity index (χ3n) is 2.29. The molecule has 0 bridgehead atoms. The summed E-state index contributed by atoms with van der Waals surface area (Å²) >= 11 is 1.31. The molecule has 0 fully saturated rings. The first kappa shape index (κ1) is 14.7. The van der Waals surface area contributed by atoms with Crippen LogP contribution in [-0.2, 0) is 4.74 Å². The van der Waals surface area contributed by atoms with Crippen LogP contribution in [0.2, 0.25) is 0 Å². The lowest BCUT2D eigenvalue weighted by Crippen LogP contribution is -2.13. The zero-order chi connectivity index (χ0) is 15.1. The van der Waals surface area contributed by atoms with Crippen LogP contribution in [0.4, 0.5) is 10.5 Å². The van der Waals surface area contributed by atoms with Crippen molar-refractivity contribution in [2.24, 2.45) is 0 Å². The van der Waals surface area contributed by atoms with E-state index in [9.17, 15) is 9.59 Å². The standard InChI is InChI=1S/C14H12N2O4S/c1-2-7-19-14(18)16-10-3-5-11(6-4-10)20-13(17)12-8-21-9-15-12/h2-6,8-9H,1,7H2,(H,16,18). The van der Waals surface area contributed by atoms with E-state index >= 15 is 0 Å². The van der Waals surface area contributed by atoms with Crippen molar-refractivity contribution in [3.8, 4) is 5.75 Å². The van der Waals surface area contributed by atoms with Crippen LogP contribution in [-0.4, -0.2) is 23.7 Å². The molecular formula is C14H12N2O4S. The normalized spacial score (nSPS) is 9.71. The lowest BCUT2D eigenvalue weighted by atomic mass is 10.3. The highest BCUT2D eigenvalue weighted by molar-refractivity contribution is 7.07. The van der Waals surface area contributed by atoms with Gasteiger partial charge in [-0.05, 0) is 24.3 Å². The van der Waals surface area contributed by atoms with Crippen molar-refractivity contribution in [3.63, 3.8) is 0 Å². The predicted molar refractivity (Wildman–Crippen MR) is 78.7 cm³/mol. The van der Waals surface area contributed by atoms with Gasteiger partial charge in [0, 0.05) is 11.1 Å². The van der Waals surface area contributed by atoms with E-state index < -0.39 is 12.1 Å². The highest BCUT2D eigenvalue weighted by Gasteiger charge is 2.10. The molecule has 0 radical (unpaired) electrons. The predicted octanol–water partition coefficient (Wildman–Crippen LogP) is 3.10. The number of hydrogen-bond donors (Lipinski definition) is 1. The molecular weight excluding hydrogens is 292 g/mol. The molecule has 1 aromatic carbocycles. The minimum Gasteiger partial charge on any atom is -0.445 e. The molecule has 0 saturated heterocycles. The maximum atomic E-state index is 11.7. The Morgan fingerprint density at radius 3 is 2.71 bits per heavy atom. The third-order valence-corrected chi connectivity index (χ3v) is 2.87. The Labute approximate surface area is 125 Å². The van der Waals surface area contributed by atoms with E-state index in [1.165, 1.54) is 17.4 Å². The lowest BCUT2D eigenvalue weighted by molar-refractivity contribution is 0.0729. The van der Waals surface area contributed by atoms with Crippen LogP contribution < -0.4 is 10.1 Å². The second-order valence-corrected chi connectivity index (χ2v) is 4.52. The van der Waals surface area contributed by atoms with Gasteiger partial charge in [-0.2, -0.15) is 0 Å². The Morgan fingerprint density at radius 2 is 2.10 bits per heavy atom. The molecule has 0 unspecified atom stereocenters. The molecule has 6 nitrogen and oxygen atoms in total. The number of nitrogens with zero attached hydrogens (tertiary/aromatic N) is 1. The largest absolute Gasteiger partial charge is 0.445 e. The highest BCUT2D eigenvalue weighted by Crippen LogP contribution is 2.17. The number of carbonyl (C=O) groups is 2. The fraction of sp³-hybridized carbons (Fsp3) is 0.0714. The summed E-state index contributed by atoms with van der Waals surface area (Å²) in [5.74, 6) is -0.166. The first-order chi connectivity index (χ1) is 10.2. The van der Waals surface area contributed by atoms with Gasteiger partial charge in [0.2, 0.25) is 0 Å². The molecule has 2 rings (SSSR count). The van der Waals surface area contributed by atoms with E-state index in [1.54, 1.807) is 35.2 Å². The maximum Gasteiger partial charge on any atom is 0.411 e. The van der Waals surface area contributed by atoms with E-state index in [1.807, 2.05) is 0 Å². The first-order valence-corrected chi connectivity index (χ1v) is 6.88. The van der Waals surface area contributed by atoms with Crippen molar-refractivity contribution in [2.75, 3.05) is 11.9 Å². The van der Waals surface area contributed by atoms with Crippen molar-refractivity contribution in [3.05, 3.63) is 53.5 Å². The zero-order valence-electron chi connectivity index (χ0n) is 10.9. The number of esters is 1. The quantitative estimate of drug-likeness (QED) is 0.522. The number of thiazole rings is 1. The van der Waals surface area contributed by atoms with Gasteiger partial charge in [-0.1, -0.05) is 12.7 Å². The number of carbonyl (C=O) groups excluding carboxylic acids is 2. The molecule has 1 heterocycles. The van der Waals surface area contributed by atoms with Crippen molar-refractivity contribution >= 4 is 29.1 Å². The van der Waals surface area contributed by atoms with E-state index in [-0.39, 0.29) is 12.3 Å². The van der Waals surface area contributed by atoms with Gasteiger partial charge in [0.1, 0.15) is 12.4 Å². The fourth-order valence-corrected chi connectivity index (χ4v) is 1.89. The van der Waals surface area contributed by atoms with Crippen molar-refractivity contribution < 1.29 is 19.1 Å². The van der Waals surface area contributed by atoms with Gasteiger partial charge < -0.3 is 9.47 Å². The number of rotatable bonds is 5. The zero-order valence-corrected chi connectivity index (χ0v) is 11.8. The number of aromatic nitrogens is 1. The van der Waals surface area contributed by atoms with Gasteiger partial charge >= 0.3 is 12.1 Å². The van der Waals surface area contributed by atoms with Gasteiger partial charge in [-0.15, -0.1) is 11.3 Å². The molecule has 21 heavy (non-hydrogen) atoms. The molecule has 0 aliphatic rings. The van der Waals surface area contributed by atoms with Crippen molar-refractivity contribution in [1.29, 1.82) is 0 Å². The summed E-state index contributed by atoms with van der Waals surface area (Å²) in [6.45, 7) is 3.58. The summed E-state index contributed by atoms with van der Waals surface area (Å²) in [5.41, 5.74) is 2.34. The Kier molecular flexibility index (Phi) is 5.05. The Hall–Kier alpha value is -2.67. The minimum absolute atomic E-state index is 0.134. The molecule has 2 aromatic rings. The molecule has 0 aliphatic carbocycles. The molecule has 0 aliphatic heterocycles. The van der Waals surface area contributed by atoms with Gasteiger partial charge in [0.25, 0.3) is 0 Å². The van der Waals surface area contributed by atoms with Gasteiger partial charge in [0.15, 0.2) is 5.69 Å². The number of anilines is 1. The Morgan fingerprint density at radius 1 is 1.33 bits per heavy atom. The summed E-state index contributed by atoms with van der Waals surface area (Å²) < 4.78 is 9.91. The van der Waals surface area contributed by atoms with E-state index in [2.05, 4.69) is 16.9 Å². The van der Waals surface area contributed by atoms with E-state index in [0.717, 1.165) is 0 Å². The van der Waals surface area contributed by atoms with Crippen LogP contribution in [0.15, 0.2) is 47.8 Å². The Bertz CT molecular complexity index is 623. The van der Waals surface area contributed by atoms with E-state index in [0.29, 0.717) is 11.4 Å². The van der Waals surface area contributed by atoms with Crippen LogP contribution >= 0.6 is 11.3 Å². The van der Waals surface area contributed by atoms with Crippen LogP contribution in [0.3, 0.4) is 0 Å². The molecule has 1 aromatic heterocycles. The third kappa shape index (κ3) is 4.43. The van der Waals surface area contributed by atoms with Crippen LogP contribution in [0.25, 0.3) is 0 Å². The molecule has 0 saturated carbocycles. The van der Waals surface area contributed by atoms with Crippen LogP contribution in [0.1, 0.15) is 10.5 Å². The number of nitrogens with one attached hydrogen (secondary N) is 1. The van der Waals surface area contributed by atoms with Gasteiger partial charge in [0.05, 0.1) is 5.51 Å². The molecule has 0 atom stereocenters. The SMILES string of the molecule is C=CCOC(=O)Nc1ccc(OC(=O)c2cscn2)cc1. The highest BCUT2D eigenvalue weighted by atomic mass is 32.1. The molecule has 108 valence electrons. The van der Waals surface area contributed by atoms with Crippen molar-refractivity contribution in [2.45, 2.75) is 0 Å². The molecule has 1 N–H and O–H groups in total. The summed E-state index contributed by atoms with van der Waals surface area (Å²) in [4.78, 5) is 26.9. The summed E-state index contributed by atoms with van der Waals surface area (Å²) in [7, 11) is 0. The number of amides is 1. The van der Waals surface area contributed by atoms with Gasteiger partial charge in [-0.25, -0.2) is 14.6 Å². The maximum absolute atomic E-state index is 11.7. The number of ether oxygens (including phenoxy) is 2.